The van der Waals surface area contributed by atoms with Gasteiger partial charge in [-0.3, -0.25) is 4.68 Å². The summed E-state index contributed by atoms with van der Waals surface area (Å²) in [5, 5.41) is 8.92. The molecule has 80 valence electrons. The summed E-state index contributed by atoms with van der Waals surface area (Å²) in [5.74, 6) is 0.388. The van der Waals surface area contributed by atoms with E-state index < -0.39 is 10.0 Å². The van der Waals surface area contributed by atoms with Gasteiger partial charge in [-0.25, -0.2) is 13.6 Å². The van der Waals surface area contributed by atoms with Crippen LogP contribution >= 0.6 is 15.9 Å². The van der Waals surface area contributed by atoms with Crippen LogP contribution in [-0.2, 0) is 16.6 Å². The maximum Gasteiger partial charge on any atom is 0.242 e. The third-order valence-electron chi connectivity index (χ3n) is 1.59. The van der Waals surface area contributed by atoms with Crippen LogP contribution in [0.25, 0.3) is 0 Å². The van der Waals surface area contributed by atoms with E-state index in [1.165, 1.54) is 6.20 Å². The average Bonchev–Trinajstić information content (AvgIpc) is 2.30. The largest absolute Gasteiger partial charge is 0.257 e. The molecule has 0 aliphatic rings. The summed E-state index contributed by atoms with van der Waals surface area (Å²) in [7, 11) is -3.68. The molecule has 1 rings (SSSR count). The predicted molar refractivity (Wildman–Crippen MR) is 56.1 cm³/mol. The van der Waals surface area contributed by atoms with Gasteiger partial charge >= 0.3 is 0 Å². The second-order valence-electron chi connectivity index (χ2n) is 3.42. The highest BCUT2D eigenvalue weighted by Gasteiger charge is 2.17. The zero-order valence-corrected chi connectivity index (χ0v) is 10.3. The Kier molecular flexibility index (Phi) is 3.33. The fourth-order valence-corrected chi connectivity index (χ4v) is 2.57. The highest BCUT2D eigenvalue weighted by Crippen LogP contribution is 2.20. The molecule has 0 aliphatic carbocycles. The summed E-state index contributed by atoms with van der Waals surface area (Å²) in [5.41, 5.74) is 0. The Hall–Kier alpha value is -0.400. The van der Waals surface area contributed by atoms with Gasteiger partial charge in [-0.15, -0.1) is 0 Å². The number of nitrogens with two attached hydrogens (primary N) is 1. The smallest absolute Gasteiger partial charge is 0.242 e. The van der Waals surface area contributed by atoms with Gasteiger partial charge in [0.25, 0.3) is 0 Å². The Labute approximate surface area is 91.5 Å². The second kappa shape index (κ2) is 4.00. The number of halogens is 1. The Morgan fingerprint density at radius 1 is 1.64 bits per heavy atom. The Morgan fingerprint density at radius 3 is 2.57 bits per heavy atom. The molecular weight excluding hydrogens is 270 g/mol. The summed E-state index contributed by atoms with van der Waals surface area (Å²) >= 11 is 3.16. The van der Waals surface area contributed by atoms with Crippen molar-refractivity contribution >= 4 is 26.0 Å². The van der Waals surface area contributed by atoms with Crippen molar-refractivity contribution in [1.82, 2.24) is 9.78 Å². The van der Waals surface area contributed by atoms with Crippen molar-refractivity contribution in [1.29, 1.82) is 0 Å². The van der Waals surface area contributed by atoms with Crippen LogP contribution < -0.4 is 5.14 Å². The normalized spacial score (nSPS) is 12.4. The molecule has 0 aliphatic heterocycles. The summed E-state index contributed by atoms with van der Waals surface area (Å²) in [6, 6.07) is 0. The van der Waals surface area contributed by atoms with Gasteiger partial charge in [0.15, 0.2) is 0 Å². The topological polar surface area (TPSA) is 78.0 Å². The van der Waals surface area contributed by atoms with Gasteiger partial charge in [0.05, 0.1) is 6.20 Å². The maximum absolute atomic E-state index is 11.0. The lowest BCUT2D eigenvalue weighted by atomic mass is 10.2. The minimum absolute atomic E-state index is 0.0261. The highest BCUT2D eigenvalue weighted by molar-refractivity contribution is 9.10. The number of rotatable bonds is 3. The van der Waals surface area contributed by atoms with Crippen LogP contribution in [0.2, 0.25) is 0 Å². The van der Waals surface area contributed by atoms with Gasteiger partial charge in [0.1, 0.15) is 9.50 Å². The maximum atomic E-state index is 11.0. The number of sulfonamides is 1. The van der Waals surface area contributed by atoms with E-state index in [2.05, 4.69) is 21.0 Å². The Balaban J connectivity index is 3.09. The van der Waals surface area contributed by atoms with Crippen molar-refractivity contribution < 1.29 is 8.42 Å². The van der Waals surface area contributed by atoms with E-state index in [0.717, 1.165) is 0 Å². The SMILES string of the molecule is CC(C)Cn1ncc(S(N)(=O)=O)c1Br. The fraction of sp³-hybridized carbons (Fsp3) is 0.571. The molecule has 1 aromatic heterocycles. The van der Waals surface area contributed by atoms with Crippen LogP contribution in [0, 0.1) is 5.92 Å². The van der Waals surface area contributed by atoms with Crippen LogP contribution in [0.1, 0.15) is 13.8 Å². The number of hydrogen-bond donors (Lipinski definition) is 1. The zero-order chi connectivity index (χ0) is 10.9. The van der Waals surface area contributed by atoms with E-state index in [0.29, 0.717) is 17.1 Å². The van der Waals surface area contributed by atoms with Crippen molar-refractivity contribution in [3.05, 3.63) is 10.8 Å². The molecule has 2 N–H and O–H groups in total. The van der Waals surface area contributed by atoms with Gasteiger partial charge in [-0.2, -0.15) is 5.10 Å². The Bertz CT molecular complexity index is 424. The van der Waals surface area contributed by atoms with Gasteiger partial charge in [-0.1, -0.05) is 13.8 Å². The van der Waals surface area contributed by atoms with Gasteiger partial charge in [-0.05, 0) is 21.8 Å². The van der Waals surface area contributed by atoms with E-state index in [-0.39, 0.29) is 4.90 Å². The van der Waals surface area contributed by atoms with Crippen LogP contribution in [-0.4, -0.2) is 18.2 Å². The van der Waals surface area contributed by atoms with Gasteiger partial charge in [0.2, 0.25) is 10.0 Å². The molecular formula is C7H12BrN3O2S. The van der Waals surface area contributed by atoms with E-state index in [4.69, 9.17) is 5.14 Å². The van der Waals surface area contributed by atoms with E-state index in [9.17, 15) is 8.42 Å². The molecule has 0 unspecified atom stereocenters. The molecule has 0 saturated heterocycles. The summed E-state index contributed by atoms with van der Waals surface area (Å²) in [6.07, 6.45) is 1.25. The van der Waals surface area contributed by atoms with Crippen molar-refractivity contribution in [3.63, 3.8) is 0 Å². The van der Waals surface area contributed by atoms with Crippen molar-refractivity contribution in [2.45, 2.75) is 25.3 Å². The fourth-order valence-electron chi connectivity index (χ4n) is 1.02. The lowest BCUT2D eigenvalue weighted by Crippen LogP contribution is -2.13. The number of primary sulfonamides is 1. The standard InChI is InChI=1S/C7H12BrN3O2S/c1-5(2)4-11-7(8)6(3-10-11)14(9,12)13/h3,5H,4H2,1-2H3,(H2,9,12,13). The molecule has 7 heteroatoms. The Morgan fingerprint density at radius 2 is 2.21 bits per heavy atom. The summed E-state index contributed by atoms with van der Waals surface area (Å²) in [6.45, 7) is 4.69. The first-order chi connectivity index (χ1) is 6.32. The lowest BCUT2D eigenvalue weighted by Gasteiger charge is -2.06. The minimum Gasteiger partial charge on any atom is -0.257 e. The first-order valence-corrected chi connectivity index (χ1v) is 6.40. The van der Waals surface area contributed by atoms with Crippen LogP contribution in [0.15, 0.2) is 15.7 Å². The molecule has 1 heterocycles. The molecule has 0 spiro atoms. The molecule has 0 amide bonds. The molecule has 0 saturated carbocycles. The molecule has 0 aromatic carbocycles. The molecule has 0 fully saturated rings. The molecule has 5 nitrogen and oxygen atoms in total. The third-order valence-corrected chi connectivity index (χ3v) is 3.60. The molecule has 1 aromatic rings. The van der Waals surface area contributed by atoms with E-state index >= 15 is 0 Å². The quantitative estimate of drug-likeness (QED) is 0.896. The van der Waals surface area contributed by atoms with Crippen LogP contribution in [0.4, 0.5) is 0 Å². The number of hydrogen-bond acceptors (Lipinski definition) is 3. The number of nitrogens with zero attached hydrogens (tertiary/aromatic N) is 2. The van der Waals surface area contributed by atoms with Crippen LogP contribution in [0.5, 0.6) is 0 Å². The second-order valence-corrected chi connectivity index (χ2v) is 5.70. The highest BCUT2D eigenvalue weighted by atomic mass is 79.9. The van der Waals surface area contributed by atoms with Gasteiger partial charge < -0.3 is 0 Å². The molecule has 0 atom stereocenters. The molecule has 14 heavy (non-hydrogen) atoms. The first kappa shape index (κ1) is 11.7. The van der Waals surface area contributed by atoms with E-state index in [1.54, 1.807) is 4.68 Å². The molecule has 0 bridgehead atoms. The van der Waals surface area contributed by atoms with E-state index in [1.807, 2.05) is 13.8 Å². The number of aromatic nitrogens is 2. The van der Waals surface area contributed by atoms with Crippen molar-refractivity contribution in [3.8, 4) is 0 Å². The average molecular weight is 282 g/mol. The first-order valence-electron chi connectivity index (χ1n) is 4.06. The molecule has 0 radical (unpaired) electrons. The lowest BCUT2D eigenvalue weighted by molar-refractivity contribution is 0.475. The third kappa shape index (κ3) is 2.55. The van der Waals surface area contributed by atoms with Crippen LogP contribution in [0.3, 0.4) is 0 Å². The van der Waals surface area contributed by atoms with Crippen molar-refractivity contribution in [2.75, 3.05) is 0 Å². The minimum atomic E-state index is -3.68. The summed E-state index contributed by atoms with van der Waals surface area (Å²) in [4.78, 5) is 0.0261. The summed E-state index contributed by atoms with van der Waals surface area (Å²) < 4.78 is 24.1. The monoisotopic (exact) mass is 281 g/mol. The zero-order valence-electron chi connectivity index (χ0n) is 7.94. The van der Waals surface area contributed by atoms with Crippen molar-refractivity contribution in [2.24, 2.45) is 11.1 Å². The predicted octanol–water partition coefficient (Wildman–Crippen LogP) is 0.949. The van der Waals surface area contributed by atoms with Gasteiger partial charge in [0, 0.05) is 6.54 Å².